The predicted molar refractivity (Wildman–Crippen MR) is 135 cm³/mol. The first kappa shape index (κ1) is 32.5. The molecule has 0 saturated carbocycles. The maximum atomic E-state index is 13.5. The summed E-state index contributed by atoms with van der Waals surface area (Å²) in [5, 5.41) is 4.06. The van der Waals surface area contributed by atoms with Crippen molar-refractivity contribution in [2.75, 3.05) is 17.8 Å². The van der Waals surface area contributed by atoms with Gasteiger partial charge in [-0.2, -0.15) is 13.2 Å². The number of benzene rings is 1. The summed E-state index contributed by atoms with van der Waals surface area (Å²) in [6.45, 7) is 4.94. The lowest BCUT2D eigenvalue weighted by Crippen LogP contribution is -2.38. The lowest BCUT2D eigenvalue weighted by atomic mass is 10.1. The predicted octanol–water partition coefficient (Wildman–Crippen LogP) is 5.77. The van der Waals surface area contributed by atoms with Gasteiger partial charge < -0.3 is 14.2 Å². The Labute approximate surface area is 235 Å². The number of sulfone groups is 1. The molecule has 0 aliphatic carbocycles. The average Bonchev–Trinajstić information content (AvgIpc) is 3.24. The molecular formula is C25H25F6N3O7S. The van der Waals surface area contributed by atoms with E-state index in [0.29, 0.717) is 23.1 Å². The summed E-state index contributed by atoms with van der Waals surface area (Å²) in [7, 11) is -3.44. The molecule has 0 bridgehead atoms. The largest absolute Gasteiger partial charge is 0.573 e. The number of hydrogen-bond donors (Lipinski definition) is 0. The number of carbonyl (C=O) groups is 2. The van der Waals surface area contributed by atoms with Crippen LogP contribution in [0.3, 0.4) is 0 Å². The number of anilines is 1. The summed E-state index contributed by atoms with van der Waals surface area (Å²) in [5.41, 5.74) is -3.51. The Hall–Kier alpha value is -4.02. The minimum Gasteiger partial charge on any atom is -0.465 e. The van der Waals surface area contributed by atoms with Crippen molar-refractivity contribution in [1.82, 2.24) is 9.61 Å². The number of methoxy groups -OCH3 is 1. The molecule has 1 amide bonds. The van der Waals surface area contributed by atoms with Crippen molar-refractivity contribution in [2.45, 2.75) is 57.3 Å². The number of ether oxygens (including phenoxy) is 3. The molecule has 230 valence electrons. The quantitative estimate of drug-likeness (QED) is 0.240. The van der Waals surface area contributed by atoms with E-state index >= 15 is 0 Å². The highest BCUT2D eigenvalue weighted by Crippen LogP contribution is 2.36. The molecule has 0 aliphatic heterocycles. The van der Waals surface area contributed by atoms with Crippen LogP contribution in [0.4, 0.5) is 37.0 Å². The second-order valence-corrected chi connectivity index (χ2v) is 11.9. The number of rotatable bonds is 7. The van der Waals surface area contributed by atoms with Crippen molar-refractivity contribution in [2.24, 2.45) is 0 Å². The van der Waals surface area contributed by atoms with Gasteiger partial charge in [0.2, 0.25) is 0 Å². The number of amides is 1. The third kappa shape index (κ3) is 7.43. The minimum absolute atomic E-state index is 0.157. The van der Waals surface area contributed by atoms with Gasteiger partial charge in [-0.05, 0) is 50.6 Å². The molecule has 3 rings (SSSR count). The Kier molecular flexibility index (Phi) is 8.77. The van der Waals surface area contributed by atoms with Crippen molar-refractivity contribution in [3.05, 3.63) is 53.2 Å². The van der Waals surface area contributed by atoms with E-state index < -0.39 is 85.4 Å². The monoisotopic (exact) mass is 625 g/mol. The molecule has 0 aliphatic rings. The van der Waals surface area contributed by atoms with E-state index in [-0.39, 0.29) is 5.56 Å². The highest BCUT2D eigenvalue weighted by Gasteiger charge is 2.37. The van der Waals surface area contributed by atoms with Gasteiger partial charge in [-0.3, -0.25) is 4.90 Å². The number of nitrogens with zero attached hydrogens (tertiary/aromatic N) is 3. The molecule has 0 radical (unpaired) electrons. The van der Waals surface area contributed by atoms with Crippen molar-refractivity contribution in [3.8, 4) is 5.75 Å². The molecule has 2 aromatic heterocycles. The topological polar surface area (TPSA) is 117 Å². The fourth-order valence-electron chi connectivity index (χ4n) is 3.71. The van der Waals surface area contributed by atoms with Crippen LogP contribution < -0.4 is 9.64 Å². The van der Waals surface area contributed by atoms with Crippen molar-refractivity contribution >= 4 is 33.2 Å². The second-order valence-electron chi connectivity index (χ2n) is 9.72. The zero-order valence-corrected chi connectivity index (χ0v) is 23.6. The fourth-order valence-corrected chi connectivity index (χ4v) is 4.90. The van der Waals surface area contributed by atoms with Crippen LogP contribution in [0.2, 0.25) is 0 Å². The summed E-state index contributed by atoms with van der Waals surface area (Å²) in [4.78, 5) is 25.8. The van der Waals surface area contributed by atoms with Gasteiger partial charge in [0, 0.05) is 6.20 Å². The van der Waals surface area contributed by atoms with Crippen LogP contribution in [-0.4, -0.2) is 54.9 Å². The number of alkyl halides is 6. The number of esters is 1. The summed E-state index contributed by atoms with van der Waals surface area (Å²) in [6, 6.07) is 3.74. The molecule has 2 heterocycles. The molecule has 0 unspecified atom stereocenters. The second kappa shape index (κ2) is 11.3. The van der Waals surface area contributed by atoms with Crippen molar-refractivity contribution in [1.29, 1.82) is 0 Å². The average molecular weight is 626 g/mol. The maximum Gasteiger partial charge on any atom is 0.573 e. The fraction of sp³-hybridized carbons (Fsp3) is 0.400. The molecule has 0 N–H and O–H groups in total. The zero-order valence-electron chi connectivity index (χ0n) is 22.8. The number of fused-ring (bicyclic) bond motifs is 1. The van der Waals surface area contributed by atoms with Crippen LogP contribution in [0, 0.1) is 0 Å². The Bertz CT molecular complexity index is 1610. The van der Waals surface area contributed by atoms with Gasteiger partial charge in [0.05, 0.1) is 36.1 Å². The first-order valence-corrected chi connectivity index (χ1v) is 13.6. The van der Waals surface area contributed by atoms with E-state index in [0.717, 1.165) is 30.0 Å². The highest BCUT2D eigenvalue weighted by molar-refractivity contribution is 7.91. The van der Waals surface area contributed by atoms with E-state index in [9.17, 15) is 44.3 Å². The maximum absolute atomic E-state index is 13.5. The third-order valence-corrected chi connectivity index (χ3v) is 7.28. The lowest BCUT2D eigenvalue weighted by Gasteiger charge is -2.27. The SMILES string of the molecule is CCS(=O)(=O)c1c(N(Cc2ccc(OC(F)(F)F)cc2C(=O)OC)C(=O)OC(C)(C)C)nn2ccc(C(F)(F)F)cc12. The first-order chi connectivity index (χ1) is 19.2. The molecule has 0 fully saturated rings. The summed E-state index contributed by atoms with van der Waals surface area (Å²) >= 11 is 0. The molecular weight excluding hydrogens is 600 g/mol. The first-order valence-electron chi connectivity index (χ1n) is 12.0. The Balaban J connectivity index is 2.32. The molecule has 0 spiro atoms. The van der Waals surface area contributed by atoms with Crippen LogP contribution in [0.25, 0.3) is 5.52 Å². The van der Waals surface area contributed by atoms with E-state index in [1.54, 1.807) is 0 Å². The van der Waals surface area contributed by atoms with Crippen LogP contribution in [0.5, 0.6) is 5.75 Å². The smallest absolute Gasteiger partial charge is 0.465 e. The Morgan fingerprint density at radius 2 is 1.67 bits per heavy atom. The third-order valence-electron chi connectivity index (χ3n) is 5.51. The van der Waals surface area contributed by atoms with Crippen LogP contribution in [-0.2, 0) is 32.0 Å². The number of hydrogen-bond acceptors (Lipinski definition) is 8. The highest BCUT2D eigenvalue weighted by atomic mass is 32.2. The number of halogens is 6. The molecule has 17 heteroatoms. The number of pyridine rings is 1. The van der Waals surface area contributed by atoms with Crippen molar-refractivity contribution in [3.63, 3.8) is 0 Å². The van der Waals surface area contributed by atoms with E-state index in [2.05, 4.69) is 14.6 Å². The van der Waals surface area contributed by atoms with Crippen LogP contribution in [0.1, 0.15) is 49.2 Å². The molecule has 42 heavy (non-hydrogen) atoms. The minimum atomic E-state index is -5.10. The van der Waals surface area contributed by atoms with Gasteiger partial charge in [-0.1, -0.05) is 13.0 Å². The normalized spacial score (nSPS) is 12.7. The van der Waals surface area contributed by atoms with Gasteiger partial charge in [0.15, 0.2) is 15.7 Å². The summed E-state index contributed by atoms with van der Waals surface area (Å²) in [6.07, 6.45) is -10.3. The van der Waals surface area contributed by atoms with Gasteiger partial charge in [-0.25, -0.2) is 22.5 Å². The Morgan fingerprint density at radius 3 is 2.19 bits per heavy atom. The van der Waals surface area contributed by atoms with Gasteiger partial charge in [0.1, 0.15) is 16.2 Å². The Morgan fingerprint density at radius 1 is 1.02 bits per heavy atom. The molecule has 0 saturated heterocycles. The van der Waals surface area contributed by atoms with E-state index in [4.69, 9.17) is 4.74 Å². The van der Waals surface area contributed by atoms with Crippen LogP contribution in [0.15, 0.2) is 41.4 Å². The van der Waals surface area contributed by atoms with E-state index in [1.165, 1.54) is 27.7 Å². The zero-order chi connectivity index (χ0) is 31.8. The van der Waals surface area contributed by atoms with Gasteiger partial charge in [-0.15, -0.1) is 18.3 Å². The summed E-state index contributed by atoms with van der Waals surface area (Å²) < 4.78 is 120. The van der Waals surface area contributed by atoms with Crippen LogP contribution >= 0.6 is 0 Å². The molecule has 10 nitrogen and oxygen atoms in total. The summed E-state index contributed by atoms with van der Waals surface area (Å²) in [5.74, 6) is -3.17. The van der Waals surface area contributed by atoms with Crippen molar-refractivity contribution < 1.29 is 58.6 Å². The standard InChI is InChI=1S/C25H25F6N3O7S/c1-6-42(37,38)19-18-11-15(24(26,27)28)9-10-34(18)32-20(19)33(22(36)41-23(2,3)4)13-14-7-8-16(40-25(29,30)31)12-17(14)21(35)39-5/h7-12H,6,13H2,1-5H3. The van der Waals surface area contributed by atoms with Gasteiger partial charge >= 0.3 is 24.6 Å². The molecule has 0 atom stereocenters. The molecule has 3 aromatic rings. The van der Waals surface area contributed by atoms with Gasteiger partial charge in [0.25, 0.3) is 0 Å². The number of carbonyl (C=O) groups excluding carboxylic acids is 2. The number of aromatic nitrogens is 2. The lowest BCUT2D eigenvalue weighted by molar-refractivity contribution is -0.274. The molecule has 1 aromatic carbocycles. The van der Waals surface area contributed by atoms with E-state index in [1.807, 2.05) is 0 Å².